The van der Waals surface area contributed by atoms with Crippen molar-refractivity contribution in [3.05, 3.63) is 0 Å². The Labute approximate surface area is 112 Å². The first-order valence-electron chi connectivity index (χ1n) is 7.34. The van der Waals surface area contributed by atoms with Gasteiger partial charge in [0.15, 0.2) is 0 Å². The summed E-state index contributed by atoms with van der Waals surface area (Å²) in [5.74, 6) is 2.05. The highest BCUT2D eigenvalue weighted by Gasteiger charge is 2.46. The molecule has 104 valence electrons. The van der Waals surface area contributed by atoms with E-state index in [0.29, 0.717) is 17.9 Å². The number of likely N-dealkylation sites (tertiary alicyclic amines) is 1. The van der Waals surface area contributed by atoms with Crippen molar-refractivity contribution in [2.45, 2.75) is 39.5 Å². The van der Waals surface area contributed by atoms with Gasteiger partial charge in [0, 0.05) is 18.5 Å². The van der Waals surface area contributed by atoms with Crippen LogP contribution in [0.15, 0.2) is 0 Å². The first kappa shape index (κ1) is 13.9. The van der Waals surface area contributed by atoms with Crippen molar-refractivity contribution in [3.8, 4) is 0 Å². The van der Waals surface area contributed by atoms with Crippen LogP contribution in [0.3, 0.4) is 0 Å². The van der Waals surface area contributed by atoms with Gasteiger partial charge in [-0.15, -0.1) is 0 Å². The molecule has 0 bridgehead atoms. The molecule has 18 heavy (non-hydrogen) atoms. The fraction of sp³-hybridized carbons (Fsp3) is 0.933. The molecule has 1 aliphatic heterocycles. The Bertz CT molecular complexity index is 296. The van der Waals surface area contributed by atoms with Crippen molar-refractivity contribution in [1.29, 1.82) is 0 Å². The van der Waals surface area contributed by atoms with Gasteiger partial charge in [0.1, 0.15) is 0 Å². The van der Waals surface area contributed by atoms with Gasteiger partial charge in [-0.3, -0.25) is 4.79 Å². The normalized spacial score (nSPS) is 23.8. The maximum Gasteiger partial charge on any atom is 0.236 e. The number of amides is 1. The summed E-state index contributed by atoms with van der Waals surface area (Å²) in [6.07, 6.45) is 5.41. The molecule has 0 atom stereocenters. The van der Waals surface area contributed by atoms with Gasteiger partial charge >= 0.3 is 0 Å². The minimum absolute atomic E-state index is 0.302. The maximum atomic E-state index is 11.9. The molecule has 3 nitrogen and oxygen atoms in total. The number of carbonyl (C=O) groups is 1. The molecule has 1 amide bonds. The van der Waals surface area contributed by atoms with Gasteiger partial charge in [-0.25, -0.2) is 0 Å². The number of rotatable bonds is 3. The van der Waals surface area contributed by atoms with E-state index in [0.717, 1.165) is 24.9 Å². The van der Waals surface area contributed by atoms with E-state index in [1.165, 1.54) is 25.7 Å². The summed E-state index contributed by atoms with van der Waals surface area (Å²) in [6.45, 7) is 7.28. The lowest BCUT2D eigenvalue weighted by atomic mass is 9.64. The molecule has 2 fully saturated rings. The molecule has 0 radical (unpaired) electrons. The molecule has 1 saturated heterocycles. The summed E-state index contributed by atoms with van der Waals surface area (Å²) in [5, 5.41) is 0. The maximum absolute atomic E-state index is 11.9. The van der Waals surface area contributed by atoms with Crippen molar-refractivity contribution >= 4 is 5.91 Å². The Morgan fingerprint density at radius 1 is 1.28 bits per heavy atom. The fourth-order valence-corrected chi connectivity index (χ4v) is 3.55. The zero-order valence-corrected chi connectivity index (χ0v) is 12.4. The molecule has 1 spiro atoms. The van der Waals surface area contributed by atoms with Crippen LogP contribution in [0.2, 0.25) is 0 Å². The number of nitrogens with zero attached hydrogens (tertiary/aromatic N) is 2. The molecule has 1 aliphatic carbocycles. The predicted molar refractivity (Wildman–Crippen MR) is 74.4 cm³/mol. The van der Waals surface area contributed by atoms with Gasteiger partial charge in [0.05, 0.1) is 6.54 Å². The third-order valence-corrected chi connectivity index (χ3v) is 4.89. The van der Waals surface area contributed by atoms with Gasteiger partial charge in [-0.05, 0) is 51.6 Å². The topological polar surface area (TPSA) is 23.6 Å². The molecule has 2 aliphatic rings. The van der Waals surface area contributed by atoms with Crippen LogP contribution in [-0.4, -0.2) is 49.4 Å². The van der Waals surface area contributed by atoms with Gasteiger partial charge in [-0.1, -0.05) is 13.8 Å². The molecule has 0 unspecified atom stereocenters. The third kappa shape index (κ3) is 2.87. The third-order valence-electron chi connectivity index (χ3n) is 4.89. The van der Waals surface area contributed by atoms with Crippen LogP contribution in [0, 0.1) is 17.3 Å². The van der Waals surface area contributed by atoms with Gasteiger partial charge < -0.3 is 9.80 Å². The Balaban J connectivity index is 1.77. The van der Waals surface area contributed by atoms with Crippen LogP contribution in [0.25, 0.3) is 0 Å². The molecule has 0 aromatic rings. The summed E-state index contributed by atoms with van der Waals surface area (Å²) in [7, 11) is 3.92. The Hall–Kier alpha value is -0.570. The predicted octanol–water partition coefficient (Wildman–Crippen LogP) is 2.22. The monoisotopic (exact) mass is 252 g/mol. The smallest absolute Gasteiger partial charge is 0.236 e. The molecule has 0 aromatic carbocycles. The van der Waals surface area contributed by atoms with Crippen molar-refractivity contribution in [3.63, 3.8) is 0 Å². The molecule has 1 heterocycles. The second-order valence-corrected chi connectivity index (χ2v) is 7.07. The zero-order valence-electron chi connectivity index (χ0n) is 12.4. The standard InChI is InChI=1S/C15H28N2O/c1-12(2)13-5-7-15(8-6-13)10-17(11-15)14(18)9-16(3)4/h12-13H,5-11H2,1-4H3. The SMILES string of the molecule is CC(C)C1CCC2(CC1)CN(C(=O)CN(C)C)C2. The summed E-state index contributed by atoms with van der Waals surface area (Å²) in [4.78, 5) is 15.9. The van der Waals surface area contributed by atoms with E-state index < -0.39 is 0 Å². The van der Waals surface area contributed by atoms with E-state index in [1.807, 2.05) is 19.0 Å². The summed E-state index contributed by atoms with van der Waals surface area (Å²) >= 11 is 0. The van der Waals surface area contributed by atoms with Crippen molar-refractivity contribution < 1.29 is 4.79 Å². The van der Waals surface area contributed by atoms with E-state index in [4.69, 9.17) is 0 Å². The van der Waals surface area contributed by atoms with Gasteiger partial charge in [0.2, 0.25) is 5.91 Å². The lowest BCUT2D eigenvalue weighted by molar-refractivity contribution is -0.147. The highest BCUT2D eigenvalue weighted by atomic mass is 16.2. The van der Waals surface area contributed by atoms with Gasteiger partial charge in [0.25, 0.3) is 0 Å². The highest BCUT2D eigenvalue weighted by Crippen LogP contribution is 2.47. The zero-order chi connectivity index (χ0) is 13.3. The average molecular weight is 252 g/mol. The molecule has 0 aromatic heterocycles. The van der Waals surface area contributed by atoms with Crippen molar-refractivity contribution in [2.75, 3.05) is 33.7 Å². The largest absolute Gasteiger partial charge is 0.340 e. The minimum Gasteiger partial charge on any atom is -0.340 e. The Morgan fingerprint density at radius 3 is 2.28 bits per heavy atom. The quantitative estimate of drug-likeness (QED) is 0.769. The Morgan fingerprint density at radius 2 is 1.83 bits per heavy atom. The first-order chi connectivity index (χ1) is 8.42. The highest BCUT2D eigenvalue weighted by molar-refractivity contribution is 5.79. The summed E-state index contributed by atoms with van der Waals surface area (Å²) < 4.78 is 0. The molecule has 1 saturated carbocycles. The van der Waals surface area contributed by atoms with Crippen LogP contribution in [0.4, 0.5) is 0 Å². The second-order valence-electron chi connectivity index (χ2n) is 7.07. The molecule has 3 heteroatoms. The number of hydrogen-bond acceptors (Lipinski definition) is 2. The van der Waals surface area contributed by atoms with E-state index in [2.05, 4.69) is 18.7 Å². The molecular weight excluding hydrogens is 224 g/mol. The first-order valence-corrected chi connectivity index (χ1v) is 7.34. The fourth-order valence-electron chi connectivity index (χ4n) is 3.55. The molecular formula is C15H28N2O. The summed E-state index contributed by atoms with van der Waals surface area (Å²) in [5.41, 5.74) is 0.493. The van der Waals surface area contributed by atoms with E-state index in [9.17, 15) is 4.79 Å². The van der Waals surface area contributed by atoms with Crippen LogP contribution in [0.1, 0.15) is 39.5 Å². The van der Waals surface area contributed by atoms with Crippen LogP contribution in [-0.2, 0) is 4.79 Å². The van der Waals surface area contributed by atoms with Crippen LogP contribution < -0.4 is 0 Å². The molecule has 0 N–H and O–H groups in total. The number of likely N-dealkylation sites (N-methyl/N-ethyl adjacent to an activating group) is 1. The minimum atomic E-state index is 0.302. The van der Waals surface area contributed by atoms with E-state index in [-0.39, 0.29) is 0 Å². The lowest BCUT2D eigenvalue weighted by Gasteiger charge is -2.54. The van der Waals surface area contributed by atoms with Crippen molar-refractivity contribution in [1.82, 2.24) is 9.80 Å². The molecule has 2 rings (SSSR count). The number of hydrogen-bond donors (Lipinski definition) is 0. The summed E-state index contributed by atoms with van der Waals surface area (Å²) in [6, 6.07) is 0. The Kier molecular flexibility index (Phi) is 4.00. The second kappa shape index (κ2) is 5.20. The van der Waals surface area contributed by atoms with Crippen molar-refractivity contribution in [2.24, 2.45) is 17.3 Å². The van der Waals surface area contributed by atoms with E-state index in [1.54, 1.807) is 0 Å². The van der Waals surface area contributed by atoms with Crippen LogP contribution in [0.5, 0.6) is 0 Å². The van der Waals surface area contributed by atoms with Crippen LogP contribution >= 0.6 is 0 Å². The average Bonchev–Trinajstić information content (AvgIpc) is 2.24. The van der Waals surface area contributed by atoms with E-state index >= 15 is 0 Å². The lowest BCUT2D eigenvalue weighted by Crippen LogP contribution is -2.60. The number of carbonyl (C=O) groups excluding carboxylic acids is 1. The van der Waals surface area contributed by atoms with Gasteiger partial charge in [-0.2, -0.15) is 0 Å².